The number of carbonyl (C=O) groups is 2. The van der Waals surface area contributed by atoms with Crippen LogP contribution in [0, 0.1) is 0 Å². The third-order valence-electron chi connectivity index (χ3n) is 3.15. The van der Waals surface area contributed by atoms with Gasteiger partial charge in [-0.2, -0.15) is 8.78 Å². The van der Waals surface area contributed by atoms with Crippen molar-refractivity contribution >= 4 is 17.6 Å². The Labute approximate surface area is 141 Å². The van der Waals surface area contributed by atoms with Crippen LogP contribution < -0.4 is 15.4 Å². The van der Waals surface area contributed by atoms with Crippen LogP contribution in [-0.2, 0) is 16.1 Å². The molecular weight excluding hydrogens is 338 g/mol. The van der Waals surface area contributed by atoms with Crippen LogP contribution in [0.3, 0.4) is 0 Å². The topological polar surface area (TPSA) is 101 Å². The number of furan rings is 1. The summed E-state index contributed by atoms with van der Waals surface area (Å²) >= 11 is 0. The Bertz CT molecular complexity index is 689. The second kappa shape index (κ2) is 8.78. The number of hydrogen-bond donors (Lipinski definition) is 3. The minimum absolute atomic E-state index is 0.0449. The van der Waals surface area contributed by atoms with Crippen molar-refractivity contribution in [2.45, 2.75) is 25.6 Å². The van der Waals surface area contributed by atoms with Crippen molar-refractivity contribution in [2.24, 2.45) is 0 Å². The maximum atomic E-state index is 12.1. The average Bonchev–Trinajstić information content (AvgIpc) is 3.06. The predicted molar refractivity (Wildman–Crippen MR) is 83.3 cm³/mol. The number of ether oxygens (including phenoxy) is 1. The van der Waals surface area contributed by atoms with Gasteiger partial charge in [0.05, 0.1) is 19.2 Å². The number of carbonyl (C=O) groups excluding carboxylic acids is 1. The van der Waals surface area contributed by atoms with Crippen molar-refractivity contribution in [3.8, 4) is 5.75 Å². The highest BCUT2D eigenvalue weighted by Crippen LogP contribution is 2.18. The van der Waals surface area contributed by atoms with Gasteiger partial charge in [-0.15, -0.1) is 0 Å². The second-order valence-electron chi connectivity index (χ2n) is 5.01. The van der Waals surface area contributed by atoms with Crippen molar-refractivity contribution < 1.29 is 32.6 Å². The van der Waals surface area contributed by atoms with E-state index in [1.54, 1.807) is 12.1 Å². The van der Waals surface area contributed by atoms with E-state index in [0.717, 1.165) is 0 Å². The monoisotopic (exact) mass is 354 g/mol. The molecule has 0 aliphatic rings. The number of benzene rings is 1. The summed E-state index contributed by atoms with van der Waals surface area (Å²) in [6.45, 7) is -2.77. The predicted octanol–water partition coefficient (Wildman–Crippen LogP) is 2.45. The average molecular weight is 354 g/mol. The van der Waals surface area contributed by atoms with Gasteiger partial charge in [0.15, 0.2) is 0 Å². The zero-order chi connectivity index (χ0) is 18.2. The van der Waals surface area contributed by atoms with Crippen LogP contribution in [0.5, 0.6) is 5.75 Å². The van der Waals surface area contributed by atoms with Gasteiger partial charge in [0, 0.05) is 5.69 Å². The maximum absolute atomic E-state index is 12.1. The van der Waals surface area contributed by atoms with Crippen LogP contribution >= 0.6 is 0 Å². The summed E-state index contributed by atoms with van der Waals surface area (Å²) in [6, 6.07) is 7.53. The lowest BCUT2D eigenvalue weighted by Crippen LogP contribution is -2.39. The standard InChI is InChI=1S/C16H16F2N2O5/c17-16(18)25-11-5-3-10(4-6-11)20-14(21)8-13(15(22)23)19-9-12-2-1-7-24-12/h1-7,13,16,19H,8-9H2,(H,20,21)(H,22,23). The number of halogens is 2. The summed E-state index contributed by atoms with van der Waals surface area (Å²) in [5, 5.41) is 14.4. The molecule has 134 valence electrons. The van der Waals surface area contributed by atoms with Gasteiger partial charge in [-0.3, -0.25) is 14.9 Å². The van der Waals surface area contributed by atoms with Crippen LogP contribution in [-0.4, -0.2) is 29.6 Å². The largest absolute Gasteiger partial charge is 0.480 e. The molecule has 0 aliphatic heterocycles. The summed E-state index contributed by atoms with van der Waals surface area (Å²) in [7, 11) is 0. The minimum Gasteiger partial charge on any atom is -0.480 e. The van der Waals surface area contributed by atoms with Crippen LogP contribution in [0.2, 0.25) is 0 Å². The van der Waals surface area contributed by atoms with Gasteiger partial charge in [0.1, 0.15) is 17.6 Å². The van der Waals surface area contributed by atoms with Crippen LogP contribution in [0.1, 0.15) is 12.2 Å². The van der Waals surface area contributed by atoms with Gasteiger partial charge < -0.3 is 19.6 Å². The first-order valence-electron chi connectivity index (χ1n) is 7.27. The molecule has 25 heavy (non-hydrogen) atoms. The number of anilines is 1. The van der Waals surface area contributed by atoms with Gasteiger partial charge in [-0.1, -0.05) is 0 Å². The van der Waals surface area contributed by atoms with E-state index in [-0.39, 0.29) is 18.7 Å². The van der Waals surface area contributed by atoms with Crippen molar-refractivity contribution in [3.05, 3.63) is 48.4 Å². The van der Waals surface area contributed by atoms with Gasteiger partial charge in [0.2, 0.25) is 5.91 Å². The summed E-state index contributed by atoms with van der Waals surface area (Å²) in [4.78, 5) is 23.2. The highest BCUT2D eigenvalue weighted by Gasteiger charge is 2.21. The van der Waals surface area contributed by atoms with E-state index in [9.17, 15) is 23.5 Å². The molecule has 1 amide bonds. The molecule has 1 heterocycles. The molecule has 0 spiro atoms. The van der Waals surface area contributed by atoms with Gasteiger partial charge in [0.25, 0.3) is 0 Å². The number of alkyl halides is 2. The lowest BCUT2D eigenvalue weighted by atomic mass is 10.2. The number of amides is 1. The quantitative estimate of drug-likeness (QED) is 0.639. The summed E-state index contributed by atoms with van der Waals surface area (Å²) in [6.07, 6.45) is 1.15. The molecule has 0 saturated heterocycles. The molecule has 3 N–H and O–H groups in total. The van der Waals surface area contributed by atoms with Crippen molar-refractivity contribution in [2.75, 3.05) is 5.32 Å². The summed E-state index contributed by atoms with van der Waals surface area (Å²) in [5.41, 5.74) is 0.335. The zero-order valence-corrected chi connectivity index (χ0v) is 12.9. The normalized spacial score (nSPS) is 12.0. The van der Waals surface area contributed by atoms with E-state index in [0.29, 0.717) is 11.4 Å². The Hall–Kier alpha value is -2.94. The number of hydrogen-bond acceptors (Lipinski definition) is 5. The molecule has 1 atom stereocenters. The van der Waals surface area contributed by atoms with Gasteiger partial charge in [-0.25, -0.2) is 0 Å². The first-order valence-corrected chi connectivity index (χ1v) is 7.27. The number of rotatable bonds is 9. The van der Waals surface area contributed by atoms with E-state index < -0.39 is 24.5 Å². The third kappa shape index (κ3) is 6.22. The Morgan fingerprint density at radius 2 is 1.92 bits per heavy atom. The van der Waals surface area contributed by atoms with Crippen molar-refractivity contribution in [1.29, 1.82) is 0 Å². The Morgan fingerprint density at radius 3 is 2.48 bits per heavy atom. The number of carboxylic acid groups (broad SMARTS) is 1. The van der Waals surface area contributed by atoms with E-state index in [1.165, 1.54) is 30.5 Å². The van der Waals surface area contributed by atoms with E-state index in [2.05, 4.69) is 15.4 Å². The lowest BCUT2D eigenvalue weighted by molar-refractivity contribution is -0.141. The molecule has 1 aromatic heterocycles. The minimum atomic E-state index is -2.93. The lowest BCUT2D eigenvalue weighted by Gasteiger charge is -2.14. The SMILES string of the molecule is O=C(CC(NCc1ccco1)C(=O)O)Nc1ccc(OC(F)F)cc1. The molecule has 1 aromatic carbocycles. The van der Waals surface area contributed by atoms with Crippen LogP contribution in [0.25, 0.3) is 0 Å². The fourth-order valence-electron chi connectivity index (χ4n) is 2.00. The van der Waals surface area contributed by atoms with Gasteiger partial charge in [-0.05, 0) is 36.4 Å². The molecule has 0 fully saturated rings. The highest BCUT2D eigenvalue weighted by atomic mass is 19.3. The molecule has 2 aromatic rings. The number of aliphatic carboxylic acids is 1. The molecule has 0 aliphatic carbocycles. The Balaban J connectivity index is 1.86. The molecule has 0 saturated carbocycles. The summed E-state index contributed by atoms with van der Waals surface area (Å²) in [5.74, 6) is -1.22. The first-order chi connectivity index (χ1) is 11.9. The van der Waals surface area contributed by atoms with Crippen LogP contribution in [0.4, 0.5) is 14.5 Å². The molecule has 9 heteroatoms. The zero-order valence-electron chi connectivity index (χ0n) is 12.9. The third-order valence-corrected chi connectivity index (χ3v) is 3.15. The molecule has 0 radical (unpaired) electrons. The number of nitrogens with one attached hydrogen (secondary N) is 2. The number of carboxylic acids is 1. The fraction of sp³-hybridized carbons (Fsp3) is 0.250. The van der Waals surface area contributed by atoms with Crippen molar-refractivity contribution in [3.63, 3.8) is 0 Å². The molecule has 2 rings (SSSR count). The van der Waals surface area contributed by atoms with Gasteiger partial charge >= 0.3 is 12.6 Å². The second-order valence-corrected chi connectivity index (χ2v) is 5.01. The Kier molecular flexibility index (Phi) is 6.47. The smallest absolute Gasteiger partial charge is 0.387 e. The molecule has 0 bridgehead atoms. The summed E-state index contributed by atoms with van der Waals surface area (Å²) < 4.78 is 33.4. The molecule has 1 unspecified atom stereocenters. The fourth-order valence-corrected chi connectivity index (χ4v) is 2.00. The molecule has 7 nitrogen and oxygen atoms in total. The highest BCUT2D eigenvalue weighted by molar-refractivity contribution is 5.94. The van der Waals surface area contributed by atoms with Crippen molar-refractivity contribution in [1.82, 2.24) is 5.32 Å². The molecular formula is C16H16F2N2O5. The first kappa shape index (κ1) is 18.4. The van der Waals surface area contributed by atoms with E-state index in [1.807, 2.05) is 0 Å². The van der Waals surface area contributed by atoms with E-state index in [4.69, 9.17) is 4.42 Å². The van der Waals surface area contributed by atoms with E-state index >= 15 is 0 Å². The Morgan fingerprint density at radius 1 is 1.20 bits per heavy atom. The maximum Gasteiger partial charge on any atom is 0.387 e. The van der Waals surface area contributed by atoms with Crippen LogP contribution in [0.15, 0.2) is 47.1 Å².